The van der Waals surface area contributed by atoms with Gasteiger partial charge in [-0.3, -0.25) is 14.4 Å². The number of aliphatic hydroxyl groups excluding tert-OH is 1. The summed E-state index contributed by atoms with van der Waals surface area (Å²) in [7, 11) is 0. The van der Waals surface area contributed by atoms with E-state index in [-0.39, 0.29) is 12.8 Å². The lowest BCUT2D eigenvalue weighted by Gasteiger charge is -2.34. The van der Waals surface area contributed by atoms with E-state index in [0.29, 0.717) is 6.42 Å². The highest BCUT2D eigenvalue weighted by molar-refractivity contribution is 6.29. The maximum atomic E-state index is 12.9. The normalized spacial score (nSPS) is 24.3. The van der Waals surface area contributed by atoms with Gasteiger partial charge in [0.15, 0.2) is 23.0 Å². The molecule has 0 radical (unpaired) electrons. The molecule has 5 nitrogen and oxygen atoms in total. The summed E-state index contributed by atoms with van der Waals surface area (Å²) in [5.41, 5.74) is -0.890. The monoisotopic (exact) mass is 362 g/mol. The van der Waals surface area contributed by atoms with Gasteiger partial charge in [0.1, 0.15) is 11.3 Å². The lowest BCUT2D eigenvalue weighted by molar-refractivity contribution is -0.147. The Morgan fingerprint density at radius 2 is 1.69 bits per heavy atom. The fourth-order valence-corrected chi connectivity index (χ4v) is 2.81. The molecule has 3 atom stereocenters. The zero-order valence-corrected chi connectivity index (χ0v) is 16.5. The van der Waals surface area contributed by atoms with Gasteiger partial charge in [-0.1, -0.05) is 37.1 Å². The van der Waals surface area contributed by atoms with Crippen molar-refractivity contribution in [1.82, 2.24) is 0 Å². The SMILES string of the molecule is CC[C@@H](C)C(=O)C1=C(O)[C@](O)(CC=C(C)C)C(=O)[C@H](CC=C(C)C)C1=O. The van der Waals surface area contributed by atoms with Crippen LogP contribution in [0.4, 0.5) is 0 Å². The molecule has 1 aliphatic carbocycles. The molecule has 1 aliphatic rings. The Kier molecular flexibility index (Phi) is 7.27. The fourth-order valence-electron chi connectivity index (χ4n) is 2.81. The third-order valence-electron chi connectivity index (χ3n) is 4.79. The number of carbonyl (C=O) groups excluding carboxylic acids is 3. The predicted molar refractivity (Wildman–Crippen MR) is 101 cm³/mol. The van der Waals surface area contributed by atoms with E-state index in [1.807, 2.05) is 13.8 Å². The van der Waals surface area contributed by atoms with Crippen LogP contribution in [0.3, 0.4) is 0 Å². The molecule has 0 unspecified atom stereocenters. The maximum Gasteiger partial charge on any atom is 0.184 e. The Labute approximate surface area is 155 Å². The Hall–Kier alpha value is -2.01. The van der Waals surface area contributed by atoms with Crippen molar-refractivity contribution < 1.29 is 24.6 Å². The fraction of sp³-hybridized carbons (Fsp3) is 0.571. The minimum Gasteiger partial charge on any atom is -0.508 e. The Bertz CT molecular complexity index is 687. The van der Waals surface area contributed by atoms with E-state index < -0.39 is 46.1 Å². The van der Waals surface area contributed by atoms with Crippen LogP contribution in [0.1, 0.15) is 60.8 Å². The van der Waals surface area contributed by atoms with Gasteiger partial charge in [-0.2, -0.15) is 0 Å². The molecule has 5 heteroatoms. The van der Waals surface area contributed by atoms with E-state index in [1.54, 1.807) is 39.8 Å². The van der Waals surface area contributed by atoms with Crippen LogP contribution in [0, 0.1) is 11.8 Å². The number of hydrogen-bond acceptors (Lipinski definition) is 5. The molecule has 0 fully saturated rings. The van der Waals surface area contributed by atoms with E-state index in [4.69, 9.17) is 0 Å². The first-order chi connectivity index (χ1) is 12.0. The van der Waals surface area contributed by atoms with Crippen molar-refractivity contribution in [2.45, 2.75) is 66.4 Å². The second-order valence-electron chi connectivity index (χ2n) is 7.54. The summed E-state index contributed by atoms with van der Waals surface area (Å²) >= 11 is 0. The Balaban J connectivity index is 3.56. The van der Waals surface area contributed by atoms with Gasteiger partial charge in [0.2, 0.25) is 0 Å². The molecule has 26 heavy (non-hydrogen) atoms. The topological polar surface area (TPSA) is 91.7 Å². The summed E-state index contributed by atoms with van der Waals surface area (Å²) in [5, 5.41) is 21.5. The van der Waals surface area contributed by atoms with Gasteiger partial charge in [-0.15, -0.1) is 0 Å². The van der Waals surface area contributed by atoms with Crippen LogP contribution in [0.25, 0.3) is 0 Å². The second-order valence-corrected chi connectivity index (χ2v) is 7.54. The van der Waals surface area contributed by atoms with Crippen LogP contribution < -0.4 is 0 Å². The number of carbonyl (C=O) groups is 3. The van der Waals surface area contributed by atoms with Crippen molar-refractivity contribution in [1.29, 1.82) is 0 Å². The summed E-state index contributed by atoms with van der Waals surface area (Å²) in [6.07, 6.45) is 3.77. The third-order valence-corrected chi connectivity index (χ3v) is 4.79. The quantitative estimate of drug-likeness (QED) is 0.410. The van der Waals surface area contributed by atoms with Crippen molar-refractivity contribution in [3.8, 4) is 0 Å². The molecule has 0 saturated carbocycles. The predicted octanol–water partition coefficient (Wildman–Crippen LogP) is 3.63. The lowest BCUT2D eigenvalue weighted by atomic mass is 9.70. The van der Waals surface area contributed by atoms with Crippen LogP contribution in [0.5, 0.6) is 0 Å². The number of hydrogen-bond donors (Lipinski definition) is 2. The van der Waals surface area contributed by atoms with E-state index in [2.05, 4.69) is 0 Å². The summed E-state index contributed by atoms with van der Waals surface area (Å²) in [5.74, 6) is -4.43. The third kappa shape index (κ3) is 4.39. The molecule has 0 saturated heterocycles. The molecule has 0 spiro atoms. The molecular weight excluding hydrogens is 332 g/mol. The van der Waals surface area contributed by atoms with Gasteiger partial charge in [0, 0.05) is 12.3 Å². The zero-order chi connectivity index (χ0) is 20.2. The first-order valence-corrected chi connectivity index (χ1v) is 9.02. The van der Waals surface area contributed by atoms with Crippen LogP contribution in [0.15, 0.2) is 34.6 Å². The summed E-state index contributed by atoms with van der Waals surface area (Å²) in [6, 6.07) is 0. The van der Waals surface area contributed by atoms with E-state index in [1.165, 1.54) is 0 Å². The number of ketones is 3. The van der Waals surface area contributed by atoms with Crippen molar-refractivity contribution >= 4 is 17.3 Å². The average molecular weight is 362 g/mol. The van der Waals surface area contributed by atoms with Crippen LogP contribution >= 0.6 is 0 Å². The Morgan fingerprint density at radius 3 is 2.15 bits per heavy atom. The summed E-state index contributed by atoms with van der Waals surface area (Å²) in [6.45, 7) is 10.7. The van der Waals surface area contributed by atoms with Crippen molar-refractivity contribution in [3.63, 3.8) is 0 Å². The zero-order valence-electron chi connectivity index (χ0n) is 16.5. The molecule has 2 N–H and O–H groups in total. The van der Waals surface area contributed by atoms with Gasteiger partial charge in [0.25, 0.3) is 0 Å². The van der Waals surface area contributed by atoms with Gasteiger partial charge < -0.3 is 10.2 Å². The molecule has 144 valence electrons. The highest BCUT2D eigenvalue weighted by Crippen LogP contribution is 2.37. The molecule has 1 rings (SSSR count). The molecule has 0 bridgehead atoms. The second kappa shape index (κ2) is 8.58. The molecule has 0 aromatic heterocycles. The molecule has 0 heterocycles. The average Bonchev–Trinajstić information content (AvgIpc) is 2.57. The number of allylic oxidation sites excluding steroid dienone is 4. The largest absolute Gasteiger partial charge is 0.508 e. The molecule has 0 aromatic carbocycles. The molecule has 0 amide bonds. The van der Waals surface area contributed by atoms with Crippen LogP contribution in [0.2, 0.25) is 0 Å². The van der Waals surface area contributed by atoms with Crippen molar-refractivity contribution in [3.05, 3.63) is 34.6 Å². The van der Waals surface area contributed by atoms with E-state index >= 15 is 0 Å². The Morgan fingerprint density at radius 1 is 1.15 bits per heavy atom. The number of aliphatic hydroxyl groups is 2. The minimum absolute atomic E-state index is 0.0989. The first-order valence-electron chi connectivity index (χ1n) is 9.02. The van der Waals surface area contributed by atoms with Gasteiger partial charge in [-0.05, 0) is 40.5 Å². The molecular formula is C21H30O5. The number of Topliss-reactive ketones (excluding diaryl/α,β-unsaturated/α-hetero) is 3. The lowest BCUT2D eigenvalue weighted by Crippen LogP contribution is -2.52. The maximum absolute atomic E-state index is 12.9. The first kappa shape index (κ1) is 22.0. The summed E-state index contributed by atoms with van der Waals surface area (Å²) in [4.78, 5) is 38.4. The van der Waals surface area contributed by atoms with Gasteiger partial charge in [-0.25, -0.2) is 0 Å². The standard InChI is InChI=1S/C21H30O5/c1-7-14(6)17(22)16-18(23)15(9-8-12(2)3)19(24)21(26,20(16)25)11-10-13(4)5/h8,10,14-15,25-26H,7,9,11H2,1-6H3/t14-,15-,21+/m1/s1. The number of rotatable bonds is 7. The smallest absolute Gasteiger partial charge is 0.184 e. The van der Waals surface area contributed by atoms with E-state index in [9.17, 15) is 24.6 Å². The van der Waals surface area contributed by atoms with Gasteiger partial charge in [0.05, 0.1) is 5.92 Å². The summed E-state index contributed by atoms with van der Waals surface area (Å²) < 4.78 is 0. The van der Waals surface area contributed by atoms with Crippen LogP contribution in [-0.4, -0.2) is 33.2 Å². The van der Waals surface area contributed by atoms with Crippen molar-refractivity contribution in [2.24, 2.45) is 11.8 Å². The van der Waals surface area contributed by atoms with Crippen molar-refractivity contribution in [2.75, 3.05) is 0 Å². The van der Waals surface area contributed by atoms with E-state index in [0.717, 1.165) is 11.1 Å². The molecule has 0 aliphatic heterocycles. The van der Waals surface area contributed by atoms with Gasteiger partial charge >= 0.3 is 0 Å². The highest BCUT2D eigenvalue weighted by Gasteiger charge is 2.53. The minimum atomic E-state index is -2.25. The van der Waals surface area contributed by atoms with Crippen LogP contribution in [-0.2, 0) is 14.4 Å². The highest BCUT2D eigenvalue weighted by atomic mass is 16.3. The molecule has 0 aromatic rings.